The highest BCUT2D eigenvalue weighted by molar-refractivity contribution is 9.10. The molecule has 14 heavy (non-hydrogen) atoms. The van der Waals surface area contributed by atoms with Crippen LogP contribution in [0.5, 0.6) is 0 Å². The van der Waals surface area contributed by atoms with Gasteiger partial charge in [-0.3, -0.25) is 0 Å². The zero-order valence-corrected chi connectivity index (χ0v) is 9.12. The summed E-state index contributed by atoms with van der Waals surface area (Å²) in [5.41, 5.74) is 1.31. The van der Waals surface area contributed by atoms with E-state index >= 15 is 0 Å². The van der Waals surface area contributed by atoms with Crippen LogP contribution in [0.1, 0.15) is 11.7 Å². The van der Waals surface area contributed by atoms with Crippen molar-refractivity contribution in [3.8, 4) is 0 Å². The first kappa shape index (κ1) is 8.45. The van der Waals surface area contributed by atoms with Crippen LogP contribution in [0.25, 0.3) is 10.8 Å². The van der Waals surface area contributed by atoms with Crippen molar-refractivity contribution in [3.63, 3.8) is 0 Å². The topological polar surface area (TPSA) is 12.5 Å². The van der Waals surface area contributed by atoms with Crippen LogP contribution in [0.15, 0.2) is 40.9 Å². The minimum Gasteiger partial charge on any atom is -0.368 e. The van der Waals surface area contributed by atoms with Gasteiger partial charge in [-0.05, 0) is 22.4 Å². The van der Waals surface area contributed by atoms with Crippen molar-refractivity contribution in [2.24, 2.45) is 0 Å². The number of ether oxygens (including phenoxy) is 1. The summed E-state index contributed by atoms with van der Waals surface area (Å²) < 4.78 is 6.48. The van der Waals surface area contributed by atoms with E-state index in [0.717, 1.165) is 11.1 Å². The summed E-state index contributed by atoms with van der Waals surface area (Å²) in [5, 5.41) is 2.56. The zero-order valence-electron chi connectivity index (χ0n) is 7.53. The Balaban J connectivity index is 2.35. The van der Waals surface area contributed by atoms with Crippen LogP contribution in [-0.4, -0.2) is 6.61 Å². The monoisotopic (exact) mass is 248 g/mol. The molecule has 1 heterocycles. The lowest BCUT2D eigenvalue weighted by Crippen LogP contribution is -1.84. The fourth-order valence-corrected chi connectivity index (χ4v) is 2.27. The third kappa shape index (κ3) is 1.26. The van der Waals surface area contributed by atoms with Gasteiger partial charge in [0.2, 0.25) is 0 Å². The second-order valence-electron chi connectivity index (χ2n) is 3.50. The molecular weight excluding hydrogens is 240 g/mol. The normalized spacial score (nSPS) is 19.9. The molecule has 3 rings (SSSR count). The van der Waals surface area contributed by atoms with E-state index in [1.165, 1.54) is 16.3 Å². The Labute approximate surface area is 90.8 Å². The molecule has 0 aromatic heterocycles. The van der Waals surface area contributed by atoms with Gasteiger partial charge in [-0.15, -0.1) is 0 Å². The molecule has 0 unspecified atom stereocenters. The molecule has 0 bridgehead atoms. The molecule has 0 amide bonds. The average molecular weight is 249 g/mol. The molecule has 1 aliphatic rings. The molecule has 2 aromatic carbocycles. The lowest BCUT2D eigenvalue weighted by atomic mass is 10.0. The molecule has 1 nitrogen and oxygen atoms in total. The maximum atomic E-state index is 5.33. The third-order valence-electron chi connectivity index (χ3n) is 2.58. The first-order chi connectivity index (χ1) is 6.86. The van der Waals surface area contributed by atoms with E-state index < -0.39 is 0 Å². The van der Waals surface area contributed by atoms with Crippen molar-refractivity contribution in [3.05, 3.63) is 46.4 Å². The molecule has 0 saturated carbocycles. The summed E-state index contributed by atoms with van der Waals surface area (Å²) in [5.74, 6) is 0. The summed E-state index contributed by atoms with van der Waals surface area (Å²) >= 11 is 3.56. The van der Waals surface area contributed by atoms with Crippen LogP contribution in [0.3, 0.4) is 0 Å². The predicted octanol–water partition coefficient (Wildman–Crippen LogP) is 3.67. The van der Waals surface area contributed by atoms with Crippen molar-refractivity contribution in [2.45, 2.75) is 6.10 Å². The molecule has 2 heteroatoms. The van der Waals surface area contributed by atoms with Gasteiger partial charge in [-0.1, -0.05) is 46.3 Å². The Bertz CT molecular complexity index is 489. The average Bonchev–Trinajstić information content (AvgIpc) is 3.03. The molecule has 1 aliphatic heterocycles. The van der Waals surface area contributed by atoms with Gasteiger partial charge in [0.1, 0.15) is 6.10 Å². The maximum Gasteiger partial charge on any atom is 0.107 e. The fraction of sp³-hybridized carbons (Fsp3) is 0.167. The molecule has 0 N–H and O–H groups in total. The maximum absolute atomic E-state index is 5.33. The van der Waals surface area contributed by atoms with Crippen LogP contribution in [0.4, 0.5) is 0 Å². The smallest absolute Gasteiger partial charge is 0.107 e. The highest BCUT2D eigenvalue weighted by atomic mass is 79.9. The predicted molar refractivity (Wildman–Crippen MR) is 60.3 cm³/mol. The SMILES string of the molecule is Brc1ccc([C@@H]2CO2)c2ccccc12. The van der Waals surface area contributed by atoms with E-state index in [-0.39, 0.29) is 0 Å². The molecule has 1 saturated heterocycles. The van der Waals surface area contributed by atoms with Crippen LogP contribution < -0.4 is 0 Å². The Kier molecular flexibility index (Phi) is 1.85. The molecule has 0 spiro atoms. The van der Waals surface area contributed by atoms with Gasteiger partial charge in [0.15, 0.2) is 0 Å². The number of hydrogen-bond donors (Lipinski definition) is 0. The van der Waals surface area contributed by atoms with Crippen molar-refractivity contribution >= 4 is 26.7 Å². The Hall–Kier alpha value is -0.860. The van der Waals surface area contributed by atoms with E-state index in [1.807, 2.05) is 0 Å². The van der Waals surface area contributed by atoms with Crippen LogP contribution in [0.2, 0.25) is 0 Å². The van der Waals surface area contributed by atoms with Crippen molar-refractivity contribution in [1.82, 2.24) is 0 Å². The third-order valence-corrected chi connectivity index (χ3v) is 3.28. The highest BCUT2D eigenvalue weighted by Gasteiger charge is 2.26. The van der Waals surface area contributed by atoms with Crippen LogP contribution in [-0.2, 0) is 4.74 Å². The van der Waals surface area contributed by atoms with E-state index in [2.05, 4.69) is 52.3 Å². The molecule has 1 fully saturated rings. The van der Waals surface area contributed by atoms with Gasteiger partial charge in [0.25, 0.3) is 0 Å². The summed E-state index contributed by atoms with van der Waals surface area (Å²) in [4.78, 5) is 0. The first-order valence-corrected chi connectivity index (χ1v) is 5.44. The minimum atomic E-state index is 0.327. The Morgan fingerprint density at radius 1 is 1.07 bits per heavy atom. The van der Waals surface area contributed by atoms with E-state index in [4.69, 9.17) is 4.74 Å². The highest BCUT2D eigenvalue weighted by Crippen LogP contribution is 2.37. The van der Waals surface area contributed by atoms with Gasteiger partial charge in [0.05, 0.1) is 6.61 Å². The number of hydrogen-bond acceptors (Lipinski definition) is 1. The summed E-state index contributed by atoms with van der Waals surface area (Å²) in [6.45, 7) is 0.867. The molecule has 70 valence electrons. The van der Waals surface area contributed by atoms with E-state index in [1.54, 1.807) is 0 Å². The lowest BCUT2D eigenvalue weighted by molar-refractivity contribution is 0.417. The lowest BCUT2D eigenvalue weighted by Gasteiger charge is -2.05. The quantitative estimate of drug-likeness (QED) is 0.702. The number of benzene rings is 2. The van der Waals surface area contributed by atoms with Crippen molar-refractivity contribution in [2.75, 3.05) is 6.61 Å². The Morgan fingerprint density at radius 2 is 1.79 bits per heavy atom. The largest absolute Gasteiger partial charge is 0.368 e. The molecule has 1 atom stereocenters. The van der Waals surface area contributed by atoms with Gasteiger partial charge in [-0.2, -0.15) is 0 Å². The Morgan fingerprint density at radius 3 is 2.50 bits per heavy atom. The van der Waals surface area contributed by atoms with E-state index in [0.29, 0.717) is 6.10 Å². The molecule has 2 aromatic rings. The van der Waals surface area contributed by atoms with Crippen LogP contribution in [0, 0.1) is 0 Å². The summed E-state index contributed by atoms with van der Waals surface area (Å²) in [7, 11) is 0. The van der Waals surface area contributed by atoms with Gasteiger partial charge < -0.3 is 4.74 Å². The minimum absolute atomic E-state index is 0.327. The molecular formula is C12H9BrO. The van der Waals surface area contributed by atoms with Gasteiger partial charge in [0, 0.05) is 4.47 Å². The summed E-state index contributed by atoms with van der Waals surface area (Å²) in [6, 6.07) is 12.6. The molecule has 0 radical (unpaired) electrons. The second-order valence-corrected chi connectivity index (χ2v) is 4.36. The van der Waals surface area contributed by atoms with Gasteiger partial charge >= 0.3 is 0 Å². The first-order valence-electron chi connectivity index (χ1n) is 4.65. The van der Waals surface area contributed by atoms with Crippen molar-refractivity contribution < 1.29 is 4.74 Å². The number of epoxide rings is 1. The summed E-state index contributed by atoms with van der Waals surface area (Å²) in [6.07, 6.45) is 0.327. The van der Waals surface area contributed by atoms with Crippen LogP contribution >= 0.6 is 15.9 Å². The number of fused-ring (bicyclic) bond motifs is 1. The fourth-order valence-electron chi connectivity index (χ4n) is 1.79. The second kappa shape index (κ2) is 3.07. The number of rotatable bonds is 1. The number of halogens is 1. The standard InChI is InChI=1S/C12H9BrO/c13-11-6-5-10(12-7-14-12)8-3-1-2-4-9(8)11/h1-6,12H,7H2/t12-/m0/s1. The van der Waals surface area contributed by atoms with E-state index in [9.17, 15) is 0 Å². The van der Waals surface area contributed by atoms with Gasteiger partial charge in [-0.25, -0.2) is 0 Å². The molecule has 0 aliphatic carbocycles. The zero-order chi connectivity index (χ0) is 9.54. The van der Waals surface area contributed by atoms with Crippen molar-refractivity contribution in [1.29, 1.82) is 0 Å².